The molecule has 2 aliphatic heterocycles. The molecule has 0 aliphatic carbocycles. The third-order valence-electron chi connectivity index (χ3n) is 7.38. The first-order valence-corrected chi connectivity index (χ1v) is 13.2. The molecule has 0 unspecified atom stereocenters. The predicted octanol–water partition coefficient (Wildman–Crippen LogP) is 4.30. The van der Waals surface area contributed by atoms with Gasteiger partial charge in [-0.15, -0.1) is 0 Å². The maximum Gasteiger partial charge on any atom is 0.332 e. The van der Waals surface area contributed by atoms with Crippen molar-refractivity contribution in [1.29, 1.82) is 0 Å². The van der Waals surface area contributed by atoms with Crippen molar-refractivity contribution in [2.75, 3.05) is 39.4 Å². The molecule has 0 saturated carbocycles. The van der Waals surface area contributed by atoms with Gasteiger partial charge in [-0.1, -0.05) is 23.7 Å². The Kier molecular flexibility index (Phi) is 7.74. The third kappa shape index (κ3) is 5.30. The number of aromatic hydroxyl groups is 1. The standard InChI is InChI=1S/C29H31ClFN5O3/c1-4-19(14-27(32-2)35-10-8-34(9-11-35)22-17-39-18-22)23-15-21(31)16-24(28(23)37)20-5-6-26(25(30)13-20)36-12-7-33(3)29(36)38/h4-7,12-16,22,37H,2,8-11,17-18H2,1,3H3/b19-4+,27-14+. The maximum atomic E-state index is 14.9. The van der Waals surface area contributed by atoms with Crippen molar-refractivity contribution in [3.8, 4) is 22.6 Å². The van der Waals surface area contributed by atoms with Gasteiger partial charge in [-0.05, 0) is 55.1 Å². The zero-order valence-electron chi connectivity index (χ0n) is 22.0. The average Bonchev–Trinajstić information content (AvgIpc) is 3.23. The first kappa shape index (κ1) is 26.9. The Morgan fingerprint density at radius 3 is 2.49 bits per heavy atom. The molecule has 0 radical (unpaired) electrons. The van der Waals surface area contributed by atoms with Crippen LogP contribution in [0.4, 0.5) is 4.39 Å². The smallest absolute Gasteiger partial charge is 0.332 e. The van der Waals surface area contributed by atoms with E-state index >= 15 is 0 Å². The number of aromatic nitrogens is 2. The minimum absolute atomic E-state index is 0.0836. The topological polar surface area (TPSA) is 75.2 Å². The molecule has 5 rings (SSSR count). The summed E-state index contributed by atoms with van der Waals surface area (Å²) in [6, 6.07) is 8.05. The van der Waals surface area contributed by atoms with Crippen LogP contribution >= 0.6 is 11.6 Å². The summed E-state index contributed by atoms with van der Waals surface area (Å²) in [4.78, 5) is 21.2. The van der Waals surface area contributed by atoms with Crippen molar-refractivity contribution in [3.05, 3.63) is 87.6 Å². The Bertz CT molecular complexity index is 1510. The summed E-state index contributed by atoms with van der Waals surface area (Å²) < 4.78 is 23.1. The van der Waals surface area contributed by atoms with E-state index in [1.54, 1.807) is 37.6 Å². The van der Waals surface area contributed by atoms with Gasteiger partial charge in [0.1, 0.15) is 17.4 Å². The second kappa shape index (κ2) is 11.2. The zero-order valence-corrected chi connectivity index (χ0v) is 22.7. The van der Waals surface area contributed by atoms with Gasteiger partial charge in [-0.2, -0.15) is 0 Å². The molecule has 204 valence electrons. The van der Waals surface area contributed by atoms with Gasteiger partial charge in [-0.25, -0.2) is 14.2 Å². The molecule has 10 heteroatoms. The molecular weight excluding hydrogens is 521 g/mol. The number of imidazole rings is 1. The highest BCUT2D eigenvalue weighted by Crippen LogP contribution is 2.39. The summed E-state index contributed by atoms with van der Waals surface area (Å²) in [5.74, 6) is 0.0765. The van der Waals surface area contributed by atoms with Gasteiger partial charge < -0.3 is 19.3 Å². The van der Waals surface area contributed by atoms with Gasteiger partial charge in [0.2, 0.25) is 0 Å². The number of aliphatic imine (C=N–C) groups is 1. The van der Waals surface area contributed by atoms with E-state index in [1.165, 1.54) is 21.3 Å². The third-order valence-corrected chi connectivity index (χ3v) is 7.69. The van der Waals surface area contributed by atoms with Crippen LogP contribution in [0.25, 0.3) is 22.4 Å². The lowest BCUT2D eigenvalue weighted by Gasteiger charge is -2.43. The Balaban J connectivity index is 1.44. The Labute approximate surface area is 231 Å². The number of phenols is 1. The van der Waals surface area contributed by atoms with Gasteiger partial charge in [0, 0.05) is 56.7 Å². The van der Waals surface area contributed by atoms with Gasteiger partial charge in [0.25, 0.3) is 0 Å². The summed E-state index contributed by atoms with van der Waals surface area (Å²) in [6.45, 7) is 10.5. The molecule has 0 amide bonds. The Morgan fingerprint density at radius 1 is 1.18 bits per heavy atom. The molecular formula is C29H31ClFN5O3. The van der Waals surface area contributed by atoms with Crippen LogP contribution < -0.4 is 5.69 Å². The summed E-state index contributed by atoms with van der Waals surface area (Å²) in [5.41, 5.74) is 2.00. The van der Waals surface area contributed by atoms with Crippen molar-refractivity contribution < 1.29 is 14.2 Å². The van der Waals surface area contributed by atoms with Crippen LogP contribution in [0, 0.1) is 5.82 Å². The molecule has 1 aromatic heterocycles. The van der Waals surface area contributed by atoms with Crippen LogP contribution in [0.15, 0.2) is 70.5 Å². The Morgan fingerprint density at radius 2 is 1.92 bits per heavy atom. The largest absolute Gasteiger partial charge is 0.507 e. The number of aryl methyl sites for hydroxylation is 1. The minimum Gasteiger partial charge on any atom is -0.507 e. The van der Waals surface area contributed by atoms with Crippen molar-refractivity contribution in [2.45, 2.75) is 13.0 Å². The molecule has 0 atom stereocenters. The summed E-state index contributed by atoms with van der Waals surface area (Å²) in [7, 11) is 1.65. The number of piperazine rings is 1. The first-order chi connectivity index (χ1) is 18.8. The van der Waals surface area contributed by atoms with E-state index in [-0.39, 0.29) is 17.0 Å². The fraction of sp³-hybridized carbons (Fsp3) is 0.310. The van der Waals surface area contributed by atoms with E-state index in [2.05, 4.69) is 21.5 Å². The van der Waals surface area contributed by atoms with Crippen molar-refractivity contribution in [1.82, 2.24) is 18.9 Å². The van der Waals surface area contributed by atoms with Crippen LogP contribution in [0.3, 0.4) is 0 Å². The van der Waals surface area contributed by atoms with Crippen LogP contribution in [-0.2, 0) is 11.8 Å². The molecule has 2 saturated heterocycles. The van der Waals surface area contributed by atoms with E-state index in [0.29, 0.717) is 39.3 Å². The quantitative estimate of drug-likeness (QED) is 0.350. The molecule has 2 aliphatic rings. The minimum atomic E-state index is -0.505. The van der Waals surface area contributed by atoms with E-state index in [1.807, 2.05) is 19.1 Å². The number of nitrogens with zero attached hydrogens (tertiary/aromatic N) is 5. The number of phenolic OH excluding ortho intramolecular Hbond substituents is 1. The van der Waals surface area contributed by atoms with E-state index in [0.717, 1.165) is 39.4 Å². The number of ether oxygens (including phenoxy) is 1. The monoisotopic (exact) mass is 551 g/mol. The second-order valence-corrected chi connectivity index (χ2v) is 10.1. The molecule has 3 heterocycles. The average molecular weight is 552 g/mol. The normalized spacial score (nSPS) is 17.4. The molecule has 3 aromatic rings. The van der Waals surface area contributed by atoms with E-state index < -0.39 is 5.82 Å². The molecule has 39 heavy (non-hydrogen) atoms. The van der Waals surface area contributed by atoms with Crippen molar-refractivity contribution in [2.24, 2.45) is 12.0 Å². The lowest BCUT2D eigenvalue weighted by Crippen LogP contribution is -2.56. The molecule has 1 N–H and O–H groups in total. The second-order valence-electron chi connectivity index (χ2n) is 9.70. The van der Waals surface area contributed by atoms with Crippen LogP contribution in [0.2, 0.25) is 5.02 Å². The maximum absolute atomic E-state index is 14.9. The van der Waals surface area contributed by atoms with Crippen LogP contribution in [0.1, 0.15) is 12.5 Å². The first-order valence-electron chi connectivity index (χ1n) is 12.8. The lowest BCUT2D eigenvalue weighted by molar-refractivity contribution is -0.0747. The van der Waals surface area contributed by atoms with Gasteiger partial charge in [0.05, 0.1) is 30.0 Å². The van der Waals surface area contributed by atoms with Gasteiger partial charge in [0.15, 0.2) is 0 Å². The van der Waals surface area contributed by atoms with E-state index in [4.69, 9.17) is 16.3 Å². The highest BCUT2D eigenvalue weighted by atomic mass is 35.5. The molecule has 2 fully saturated rings. The summed E-state index contributed by atoms with van der Waals surface area (Å²) >= 11 is 6.53. The van der Waals surface area contributed by atoms with Crippen LogP contribution in [-0.4, -0.2) is 76.2 Å². The SMILES string of the molecule is C=N/C(=C\C(=C/C)c1cc(F)cc(-c2ccc(-n3ccn(C)c3=O)c(Cl)c2)c1O)N1CCN(C2COC2)CC1. The van der Waals surface area contributed by atoms with Crippen molar-refractivity contribution >= 4 is 23.9 Å². The zero-order chi connectivity index (χ0) is 27.7. The highest BCUT2D eigenvalue weighted by molar-refractivity contribution is 6.32. The number of rotatable bonds is 7. The number of allylic oxidation sites excluding steroid dienone is 3. The molecule has 8 nitrogen and oxygen atoms in total. The lowest BCUT2D eigenvalue weighted by atomic mass is 9.96. The highest BCUT2D eigenvalue weighted by Gasteiger charge is 2.29. The fourth-order valence-electron chi connectivity index (χ4n) is 5.00. The number of hydrogen-bond donors (Lipinski definition) is 1. The van der Waals surface area contributed by atoms with E-state index in [9.17, 15) is 14.3 Å². The predicted molar refractivity (Wildman–Crippen MR) is 152 cm³/mol. The number of benzene rings is 2. The number of hydrogen-bond acceptors (Lipinski definition) is 6. The number of halogens is 2. The summed E-state index contributed by atoms with van der Waals surface area (Å²) in [5, 5.41) is 11.6. The molecule has 0 spiro atoms. The van der Waals surface area contributed by atoms with Gasteiger partial charge >= 0.3 is 5.69 Å². The molecule has 2 aromatic carbocycles. The summed E-state index contributed by atoms with van der Waals surface area (Å²) in [6.07, 6.45) is 6.89. The fourth-order valence-corrected chi connectivity index (χ4v) is 5.27. The molecule has 0 bridgehead atoms. The van der Waals surface area contributed by atoms with Crippen LogP contribution in [0.5, 0.6) is 5.75 Å². The van der Waals surface area contributed by atoms with Crippen molar-refractivity contribution in [3.63, 3.8) is 0 Å². The van der Waals surface area contributed by atoms with Gasteiger partial charge in [-0.3, -0.25) is 9.47 Å². The Hall–Kier alpha value is -3.66.